The summed E-state index contributed by atoms with van der Waals surface area (Å²) in [6.07, 6.45) is 7.35. The molecule has 0 aliphatic rings. The van der Waals surface area contributed by atoms with E-state index in [2.05, 4.69) is 11.9 Å². The third-order valence-electron chi connectivity index (χ3n) is 4.82. The van der Waals surface area contributed by atoms with Crippen LogP contribution in [0.1, 0.15) is 94.6 Å². The normalized spacial score (nSPS) is 12.8. The largest absolute Gasteiger partial charge is 0.478 e. The number of carbonyl (C=O) groups is 2. The molecule has 0 radical (unpaired) electrons. The lowest BCUT2D eigenvalue weighted by atomic mass is 9.95. The van der Waals surface area contributed by atoms with Crippen molar-refractivity contribution < 1.29 is 19.4 Å². The van der Waals surface area contributed by atoms with Crippen molar-refractivity contribution in [2.45, 2.75) is 85.2 Å². The Kier molecular flexibility index (Phi) is 10.6. The van der Waals surface area contributed by atoms with E-state index < -0.39 is 11.6 Å². The van der Waals surface area contributed by atoms with Crippen molar-refractivity contribution in [3.63, 3.8) is 0 Å². The second-order valence-electron chi connectivity index (χ2n) is 8.78. The van der Waals surface area contributed by atoms with Gasteiger partial charge in [-0.2, -0.15) is 0 Å². The Morgan fingerprint density at radius 3 is 2.47 bits per heavy atom. The number of esters is 1. The number of aliphatic imine (C=N–C) groups is 1. The van der Waals surface area contributed by atoms with Gasteiger partial charge in [0.05, 0.1) is 5.56 Å². The van der Waals surface area contributed by atoms with Gasteiger partial charge in [0.15, 0.2) is 0 Å². The van der Waals surface area contributed by atoms with E-state index in [1.807, 2.05) is 27.7 Å². The van der Waals surface area contributed by atoms with Crippen molar-refractivity contribution in [2.75, 3.05) is 12.3 Å². The summed E-state index contributed by atoms with van der Waals surface area (Å²) >= 11 is 0. The summed E-state index contributed by atoms with van der Waals surface area (Å²) in [6, 6.07) is 3.20. The number of carboxylic acids is 1. The minimum Gasteiger partial charge on any atom is -0.478 e. The number of ether oxygens (including phenoxy) is 1. The molecule has 30 heavy (non-hydrogen) atoms. The molecule has 1 rings (SSSR count). The molecular formula is C24H38N2O4. The van der Waals surface area contributed by atoms with E-state index in [0.29, 0.717) is 36.6 Å². The number of nitrogen functional groups attached to an aromatic ring is 1. The molecular weight excluding hydrogens is 380 g/mol. The zero-order valence-corrected chi connectivity index (χ0v) is 19.2. The monoisotopic (exact) mass is 418 g/mol. The Bertz CT molecular complexity index is 735. The maximum Gasteiger partial charge on any atom is 0.335 e. The molecule has 1 atom stereocenters. The standard InChI is InChI=1S/C24H38N2O4/c1-6-9-17(11-8-12-22(27)30-24(3,4)5)15-26-16-20-18(10-7-2)19(23(28)29)13-14-21(20)25/h13-14,16-17H,6-12,15,25H2,1-5H3,(H,28,29). The fourth-order valence-corrected chi connectivity index (χ4v) is 3.51. The zero-order valence-electron chi connectivity index (χ0n) is 19.2. The van der Waals surface area contributed by atoms with Crippen LogP contribution < -0.4 is 5.73 Å². The number of nitrogens with zero attached hydrogens (tertiary/aromatic N) is 1. The van der Waals surface area contributed by atoms with E-state index in [-0.39, 0.29) is 11.5 Å². The van der Waals surface area contributed by atoms with E-state index in [1.54, 1.807) is 18.3 Å². The third-order valence-corrected chi connectivity index (χ3v) is 4.82. The first-order valence-electron chi connectivity index (χ1n) is 10.9. The molecule has 3 N–H and O–H groups in total. The molecule has 0 aromatic heterocycles. The summed E-state index contributed by atoms with van der Waals surface area (Å²) in [5.41, 5.74) is 7.95. The predicted octanol–water partition coefficient (Wildman–Crippen LogP) is 5.27. The van der Waals surface area contributed by atoms with Gasteiger partial charge in [0.1, 0.15) is 5.60 Å². The number of aromatic carboxylic acids is 1. The van der Waals surface area contributed by atoms with Gasteiger partial charge in [-0.25, -0.2) is 4.79 Å². The van der Waals surface area contributed by atoms with Crippen molar-refractivity contribution in [2.24, 2.45) is 10.9 Å². The molecule has 6 nitrogen and oxygen atoms in total. The van der Waals surface area contributed by atoms with Crippen molar-refractivity contribution in [3.05, 3.63) is 28.8 Å². The van der Waals surface area contributed by atoms with Crippen LogP contribution in [0.5, 0.6) is 0 Å². The van der Waals surface area contributed by atoms with Gasteiger partial charge in [-0.1, -0.05) is 26.7 Å². The topological polar surface area (TPSA) is 102 Å². The zero-order chi connectivity index (χ0) is 22.7. The number of rotatable bonds is 12. The summed E-state index contributed by atoms with van der Waals surface area (Å²) in [5.74, 6) is -0.741. The maximum atomic E-state index is 11.9. The molecule has 0 amide bonds. The van der Waals surface area contributed by atoms with E-state index in [9.17, 15) is 14.7 Å². The first-order valence-corrected chi connectivity index (χ1v) is 10.9. The molecule has 0 saturated carbocycles. The SMILES string of the molecule is CCCc1c(C(=O)O)ccc(N)c1C=NCC(CCC)CCCC(=O)OC(C)(C)C. The van der Waals surface area contributed by atoms with Gasteiger partial charge in [-0.15, -0.1) is 0 Å². The molecule has 0 bridgehead atoms. The summed E-state index contributed by atoms with van der Waals surface area (Å²) in [5, 5.41) is 9.48. The summed E-state index contributed by atoms with van der Waals surface area (Å²) in [7, 11) is 0. The van der Waals surface area contributed by atoms with Crippen LogP contribution in [0.25, 0.3) is 0 Å². The van der Waals surface area contributed by atoms with Crippen molar-refractivity contribution in [1.29, 1.82) is 0 Å². The number of carbonyl (C=O) groups excluding carboxylic acids is 1. The van der Waals surface area contributed by atoms with E-state index in [0.717, 1.165) is 37.7 Å². The minimum atomic E-state index is -0.945. The molecule has 1 aromatic rings. The van der Waals surface area contributed by atoms with Gasteiger partial charge in [0.2, 0.25) is 0 Å². The van der Waals surface area contributed by atoms with Crippen LogP contribution >= 0.6 is 0 Å². The number of nitrogens with two attached hydrogens (primary N) is 1. The average Bonchev–Trinajstić information content (AvgIpc) is 2.62. The second kappa shape index (κ2) is 12.4. The van der Waals surface area contributed by atoms with Gasteiger partial charge >= 0.3 is 11.9 Å². The highest BCUT2D eigenvalue weighted by molar-refractivity contribution is 5.97. The average molecular weight is 419 g/mol. The maximum absolute atomic E-state index is 11.9. The molecule has 0 spiro atoms. The Balaban J connectivity index is 2.79. The third kappa shape index (κ3) is 8.97. The summed E-state index contributed by atoms with van der Waals surface area (Å²) in [4.78, 5) is 28.1. The Hall–Kier alpha value is -2.37. The number of anilines is 1. The molecule has 1 unspecified atom stereocenters. The Morgan fingerprint density at radius 2 is 1.90 bits per heavy atom. The van der Waals surface area contributed by atoms with Gasteiger partial charge in [-0.05, 0) is 70.1 Å². The van der Waals surface area contributed by atoms with E-state index >= 15 is 0 Å². The smallest absolute Gasteiger partial charge is 0.335 e. The Labute approximate surface area is 180 Å². The molecule has 0 saturated heterocycles. The molecule has 0 aliphatic heterocycles. The van der Waals surface area contributed by atoms with Crippen LogP contribution in [0.3, 0.4) is 0 Å². The molecule has 0 fully saturated rings. The van der Waals surface area contributed by atoms with Gasteiger partial charge in [0, 0.05) is 30.4 Å². The van der Waals surface area contributed by atoms with Crippen molar-refractivity contribution >= 4 is 23.8 Å². The summed E-state index contributed by atoms with van der Waals surface area (Å²) in [6.45, 7) is 10.4. The molecule has 0 heterocycles. The number of hydrogen-bond acceptors (Lipinski definition) is 5. The summed E-state index contributed by atoms with van der Waals surface area (Å²) < 4.78 is 5.37. The number of benzene rings is 1. The molecule has 1 aromatic carbocycles. The lowest BCUT2D eigenvalue weighted by Crippen LogP contribution is -2.23. The van der Waals surface area contributed by atoms with Crippen molar-refractivity contribution in [3.8, 4) is 0 Å². The number of carboxylic acid groups (broad SMARTS) is 1. The first kappa shape index (κ1) is 25.7. The van der Waals surface area contributed by atoms with Crippen LogP contribution in [0.15, 0.2) is 17.1 Å². The Morgan fingerprint density at radius 1 is 1.20 bits per heavy atom. The highest BCUT2D eigenvalue weighted by Gasteiger charge is 2.17. The molecule has 168 valence electrons. The van der Waals surface area contributed by atoms with Crippen LogP contribution in [-0.2, 0) is 16.0 Å². The minimum absolute atomic E-state index is 0.163. The highest BCUT2D eigenvalue weighted by Crippen LogP contribution is 2.23. The van der Waals surface area contributed by atoms with Crippen LogP contribution in [0, 0.1) is 5.92 Å². The van der Waals surface area contributed by atoms with Crippen LogP contribution in [0.2, 0.25) is 0 Å². The number of hydrogen-bond donors (Lipinski definition) is 2. The fourth-order valence-electron chi connectivity index (χ4n) is 3.51. The van der Waals surface area contributed by atoms with E-state index in [4.69, 9.17) is 10.5 Å². The van der Waals surface area contributed by atoms with E-state index in [1.165, 1.54) is 0 Å². The quantitative estimate of drug-likeness (QED) is 0.274. The molecule has 6 heteroatoms. The van der Waals surface area contributed by atoms with Gasteiger partial charge in [0.25, 0.3) is 0 Å². The van der Waals surface area contributed by atoms with Gasteiger partial charge in [-0.3, -0.25) is 9.79 Å². The lowest BCUT2D eigenvalue weighted by molar-refractivity contribution is -0.154. The molecule has 0 aliphatic carbocycles. The van der Waals surface area contributed by atoms with Gasteiger partial charge < -0.3 is 15.6 Å². The first-order chi connectivity index (χ1) is 14.1. The van der Waals surface area contributed by atoms with Crippen LogP contribution in [0.4, 0.5) is 5.69 Å². The second-order valence-corrected chi connectivity index (χ2v) is 8.78. The fraction of sp³-hybridized carbons (Fsp3) is 0.625. The van der Waals surface area contributed by atoms with Crippen LogP contribution in [-0.4, -0.2) is 35.4 Å². The predicted molar refractivity (Wildman–Crippen MR) is 122 cm³/mol. The van der Waals surface area contributed by atoms with Crippen molar-refractivity contribution in [1.82, 2.24) is 0 Å². The lowest BCUT2D eigenvalue weighted by Gasteiger charge is -2.20. The highest BCUT2D eigenvalue weighted by atomic mass is 16.6.